The molecule has 0 atom stereocenters. The Morgan fingerprint density at radius 3 is 2.13 bits per heavy atom. The number of hydrogen-bond acceptors (Lipinski definition) is 5. The maximum atomic E-state index is 6.24. The number of hydrogen-bond donors (Lipinski definition) is 0. The monoisotopic (exact) mass is 479 g/mol. The Kier molecular flexibility index (Phi) is 11.2. The van der Waals surface area contributed by atoms with Crippen LogP contribution in [-0.2, 0) is 13.9 Å². The Labute approximate surface area is 196 Å². The molecule has 0 aliphatic rings. The minimum absolute atomic E-state index is 0.233. The predicted molar refractivity (Wildman–Crippen MR) is 138 cm³/mol. The van der Waals surface area contributed by atoms with Gasteiger partial charge >= 0.3 is 0 Å². The summed E-state index contributed by atoms with van der Waals surface area (Å²) in [7, 11) is -3.19. The van der Waals surface area contributed by atoms with E-state index in [4.69, 9.17) is 18.9 Å². The molecule has 0 saturated carbocycles. The van der Waals surface area contributed by atoms with Gasteiger partial charge in [0.1, 0.15) is 18.6 Å². The number of unbranched alkanes of at least 4 members (excludes halogenated alkanes) is 1. The van der Waals surface area contributed by atoms with E-state index in [-0.39, 0.29) is 5.04 Å². The molecular weight excluding hydrogens is 439 g/mol. The molecule has 1 heterocycles. The van der Waals surface area contributed by atoms with Crippen LogP contribution < -0.4 is 0 Å². The molecule has 0 aliphatic heterocycles. The molecule has 0 fully saturated rings. The lowest BCUT2D eigenvalue weighted by atomic mass is 10.2. The molecule has 0 aromatic carbocycles. The fourth-order valence-corrected chi connectivity index (χ4v) is 4.75. The van der Waals surface area contributed by atoms with Crippen LogP contribution in [-0.4, -0.2) is 41.2 Å². The average molecular weight is 480 g/mol. The molecule has 0 spiro atoms. The molecule has 0 aliphatic carbocycles. The predicted octanol–water partition coefficient (Wildman–Crippen LogP) is 6.60. The normalized spacial score (nSPS) is 12.4. The van der Waals surface area contributed by atoms with Gasteiger partial charge in [-0.05, 0) is 44.3 Å². The van der Waals surface area contributed by atoms with E-state index in [0.29, 0.717) is 13.2 Å². The third-order valence-electron chi connectivity index (χ3n) is 4.95. The summed E-state index contributed by atoms with van der Waals surface area (Å²) in [6.45, 7) is 23.9. The van der Waals surface area contributed by atoms with Crippen molar-refractivity contribution in [2.24, 2.45) is 0 Å². The molecule has 1 aromatic rings. The minimum atomic E-state index is -1.69. The second-order valence-corrected chi connectivity index (χ2v) is 20.6. The molecule has 31 heavy (non-hydrogen) atoms. The summed E-state index contributed by atoms with van der Waals surface area (Å²) in [5.41, 5.74) is 4.17. The van der Waals surface area contributed by atoms with Crippen LogP contribution in [0.25, 0.3) is 0 Å². The van der Waals surface area contributed by atoms with Gasteiger partial charge in [-0.3, -0.25) is 0 Å². The minimum Gasteiger partial charge on any atom is -0.417 e. The summed E-state index contributed by atoms with van der Waals surface area (Å²) < 4.78 is 17.7. The van der Waals surface area contributed by atoms with Crippen LogP contribution in [0.4, 0.5) is 0 Å². The van der Waals surface area contributed by atoms with Gasteiger partial charge in [0.25, 0.3) is 0 Å². The molecule has 174 valence electrons. The maximum absolute atomic E-state index is 6.24. The van der Waals surface area contributed by atoms with Gasteiger partial charge < -0.3 is 13.9 Å². The SMILES string of the molecule is CCOC(OCC)c1nc(C#CCCCO[Si](C)(C)C(C)(C)C)c(C#C[Si](C)(C)C)s1. The van der Waals surface area contributed by atoms with Crippen LogP contribution in [0.1, 0.15) is 69.3 Å². The second kappa shape index (κ2) is 12.3. The van der Waals surface area contributed by atoms with Crippen LogP contribution >= 0.6 is 11.3 Å². The Hall–Kier alpha value is -0.936. The van der Waals surface area contributed by atoms with Gasteiger partial charge in [0.05, 0.1) is 0 Å². The number of thiazole rings is 1. The highest BCUT2D eigenvalue weighted by molar-refractivity contribution is 7.12. The van der Waals surface area contributed by atoms with Crippen LogP contribution in [0.5, 0.6) is 0 Å². The van der Waals surface area contributed by atoms with E-state index in [1.807, 2.05) is 13.8 Å². The summed E-state index contributed by atoms with van der Waals surface area (Å²) in [6, 6.07) is 0. The maximum Gasteiger partial charge on any atom is 0.210 e. The van der Waals surface area contributed by atoms with Crippen molar-refractivity contribution in [1.29, 1.82) is 0 Å². The van der Waals surface area contributed by atoms with E-state index in [9.17, 15) is 0 Å². The van der Waals surface area contributed by atoms with Gasteiger partial charge in [0.2, 0.25) is 6.29 Å². The molecule has 0 amide bonds. The Morgan fingerprint density at radius 2 is 1.61 bits per heavy atom. The quantitative estimate of drug-likeness (QED) is 0.173. The van der Waals surface area contributed by atoms with Crippen molar-refractivity contribution in [3.63, 3.8) is 0 Å². The lowest BCUT2D eigenvalue weighted by molar-refractivity contribution is -0.140. The Balaban J connectivity index is 2.93. The molecule has 0 saturated heterocycles. The summed E-state index contributed by atoms with van der Waals surface area (Å²) >= 11 is 1.53. The molecule has 1 rings (SSSR count). The third kappa shape index (κ3) is 10.0. The van der Waals surface area contributed by atoms with E-state index >= 15 is 0 Å². The zero-order valence-corrected chi connectivity index (χ0v) is 24.0. The second-order valence-electron chi connectivity index (χ2n) is 9.99. The zero-order chi connectivity index (χ0) is 23.7. The summed E-state index contributed by atoms with van der Waals surface area (Å²) in [6.07, 6.45) is 1.25. The van der Waals surface area contributed by atoms with Crippen molar-refractivity contribution in [3.05, 3.63) is 15.6 Å². The van der Waals surface area contributed by atoms with Crippen LogP contribution in [0, 0.1) is 23.3 Å². The van der Waals surface area contributed by atoms with E-state index in [1.165, 1.54) is 11.3 Å². The van der Waals surface area contributed by atoms with Gasteiger partial charge in [0, 0.05) is 26.2 Å². The van der Waals surface area contributed by atoms with Gasteiger partial charge in [-0.15, -0.1) is 16.9 Å². The highest BCUT2D eigenvalue weighted by atomic mass is 32.1. The Morgan fingerprint density at radius 1 is 1.00 bits per heavy atom. The van der Waals surface area contributed by atoms with Crippen LogP contribution in [0.3, 0.4) is 0 Å². The first kappa shape index (κ1) is 28.1. The van der Waals surface area contributed by atoms with Crippen molar-refractivity contribution in [2.45, 2.75) is 91.5 Å². The number of aromatic nitrogens is 1. The largest absolute Gasteiger partial charge is 0.417 e. The summed E-state index contributed by atoms with van der Waals surface area (Å²) in [5, 5.41) is 1.02. The van der Waals surface area contributed by atoms with E-state index in [0.717, 1.165) is 35.0 Å². The van der Waals surface area contributed by atoms with Crippen LogP contribution in [0.15, 0.2) is 0 Å². The van der Waals surface area contributed by atoms with E-state index < -0.39 is 22.7 Å². The third-order valence-corrected chi connectivity index (χ3v) is 11.4. The molecule has 7 heteroatoms. The summed E-state index contributed by atoms with van der Waals surface area (Å²) in [4.78, 5) is 5.63. The molecule has 4 nitrogen and oxygen atoms in total. The topological polar surface area (TPSA) is 40.6 Å². The van der Waals surface area contributed by atoms with E-state index in [1.54, 1.807) is 0 Å². The highest BCUT2D eigenvalue weighted by Crippen LogP contribution is 2.36. The van der Waals surface area contributed by atoms with Crippen LogP contribution in [0.2, 0.25) is 37.8 Å². The number of rotatable bonds is 9. The van der Waals surface area contributed by atoms with Crippen molar-refractivity contribution >= 4 is 27.7 Å². The van der Waals surface area contributed by atoms with Crippen molar-refractivity contribution in [3.8, 4) is 23.3 Å². The number of nitrogens with zero attached hydrogens (tertiary/aromatic N) is 1. The standard InChI is InChI=1S/C24H41NO3SSi2/c1-11-26-23(27-12-2)22-25-20(21(29-22)17-19-30(6,7)8)16-14-13-15-18-28-31(9,10)24(3,4)5/h23H,11-13,15,18H2,1-10H3. The fraction of sp³-hybridized carbons (Fsp3) is 0.708. The van der Waals surface area contributed by atoms with E-state index in [2.05, 4.69) is 76.8 Å². The lowest BCUT2D eigenvalue weighted by Gasteiger charge is -2.36. The first-order valence-electron chi connectivity index (χ1n) is 11.2. The first-order chi connectivity index (χ1) is 14.3. The first-order valence-corrected chi connectivity index (χ1v) is 18.4. The van der Waals surface area contributed by atoms with Gasteiger partial charge in [-0.1, -0.05) is 52.3 Å². The van der Waals surface area contributed by atoms with Gasteiger partial charge in [-0.25, -0.2) is 4.98 Å². The smallest absolute Gasteiger partial charge is 0.210 e. The van der Waals surface area contributed by atoms with Gasteiger partial charge in [-0.2, -0.15) is 0 Å². The van der Waals surface area contributed by atoms with Gasteiger partial charge in [0.15, 0.2) is 13.3 Å². The summed E-state index contributed by atoms with van der Waals surface area (Å²) in [5.74, 6) is 9.85. The highest BCUT2D eigenvalue weighted by Gasteiger charge is 2.36. The fourth-order valence-electron chi connectivity index (χ4n) is 2.20. The lowest BCUT2D eigenvalue weighted by Crippen LogP contribution is -2.40. The molecule has 0 N–H and O–H groups in total. The number of ether oxygens (including phenoxy) is 2. The van der Waals surface area contributed by atoms with Crippen molar-refractivity contribution in [2.75, 3.05) is 19.8 Å². The molecule has 0 unspecified atom stereocenters. The molecule has 0 bridgehead atoms. The zero-order valence-electron chi connectivity index (χ0n) is 21.2. The Bertz CT molecular complexity index is 808. The average Bonchev–Trinajstić information content (AvgIpc) is 3.04. The van der Waals surface area contributed by atoms with Crippen molar-refractivity contribution in [1.82, 2.24) is 4.98 Å². The van der Waals surface area contributed by atoms with Crippen molar-refractivity contribution < 1.29 is 13.9 Å². The molecule has 1 aromatic heterocycles. The molecular formula is C24H41NO3SSi2. The molecule has 0 radical (unpaired) electrons.